The maximum Gasteiger partial charge on any atom is 0.145 e. The maximum absolute atomic E-state index is 9.27. The second kappa shape index (κ2) is 5.57. The minimum atomic E-state index is 0.00336. The molecule has 0 radical (unpaired) electrons. The normalized spacial score (nSPS) is 16.4. The molecule has 1 heterocycles. The lowest BCUT2D eigenvalue weighted by molar-refractivity contribution is 0.507. The fraction of sp³-hybridized carbons (Fsp3) is 0.357. The number of hydrogen-bond donors (Lipinski definition) is 1. The molecule has 0 aliphatic heterocycles. The lowest BCUT2D eigenvalue weighted by atomic mass is 9.89. The van der Waals surface area contributed by atoms with Crippen LogP contribution in [0.25, 0.3) is 0 Å². The summed E-state index contributed by atoms with van der Waals surface area (Å²) in [6, 6.07) is 5.81. The van der Waals surface area contributed by atoms with Gasteiger partial charge in [-0.15, -0.1) is 11.3 Å². The van der Waals surface area contributed by atoms with Gasteiger partial charge in [0.05, 0.1) is 5.56 Å². The van der Waals surface area contributed by atoms with E-state index in [1.807, 2.05) is 0 Å². The number of nitrogens with zero attached hydrogens (tertiary/aromatic N) is 3. The fourth-order valence-electron chi connectivity index (χ4n) is 2.20. The molecule has 0 unspecified atom stereocenters. The van der Waals surface area contributed by atoms with Crippen LogP contribution in [0.3, 0.4) is 0 Å². The molecule has 1 atom stereocenters. The van der Waals surface area contributed by atoms with E-state index >= 15 is 0 Å². The smallest absolute Gasteiger partial charge is 0.145 e. The minimum Gasteiger partial charge on any atom is -0.350 e. The van der Waals surface area contributed by atoms with Gasteiger partial charge < -0.3 is 5.32 Å². The quantitative estimate of drug-likeness (QED) is 0.835. The van der Waals surface area contributed by atoms with Crippen LogP contribution >= 0.6 is 11.3 Å². The van der Waals surface area contributed by atoms with Crippen molar-refractivity contribution >= 4 is 16.3 Å². The lowest BCUT2D eigenvalue weighted by Gasteiger charge is -2.17. The molecule has 94 valence electrons. The molecule has 1 aliphatic rings. The van der Waals surface area contributed by atoms with Gasteiger partial charge in [-0.05, 0) is 30.7 Å². The predicted octanol–water partition coefficient (Wildman–Crippen LogP) is 3.09. The third-order valence-corrected chi connectivity index (χ3v) is 4.40. The van der Waals surface area contributed by atoms with Gasteiger partial charge in [0, 0.05) is 11.1 Å². The Morgan fingerprint density at radius 3 is 2.74 bits per heavy atom. The molecule has 0 fully saturated rings. The highest BCUT2D eigenvalue weighted by molar-refractivity contribution is 7.16. The molecule has 19 heavy (non-hydrogen) atoms. The number of nitriles is 3. The first-order chi connectivity index (χ1) is 9.19. The van der Waals surface area contributed by atoms with Gasteiger partial charge in [-0.3, -0.25) is 0 Å². The molecule has 4 nitrogen and oxygen atoms in total. The van der Waals surface area contributed by atoms with Gasteiger partial charge in [0.25, 0.3) is 0 Å². The van der Waals surface area contributed by atoms with Gasteiger partial charge in [-0.1, -0.05) is 6.92 Å². The molecule has 0 spiro atoms. The van der Waals surface area contributed by atoms with Gasteiger partial charge in [-0.25, -0.2) is 0 Å². The molecule has 2 rings (SSSR count). The predicted molar refractivity (Wildman–Crippen MR) is 73.2 cm³/mol. The number of anilines is 1. The van der Waals surface area contributed by atoms with Crippen molar-refractivity contribution < 1.29 is 0 Å². The number of hydrogen-bond acceptors (Lipinski definition) is 5. The molecule has 5 heteroatoms. The Morgan fingerprint density at radius 2 is 2.11 bits per heavy atom. The summed E-state index contributed by atoms with van der Waals surface area (Å²) >= 11 is 1.56. The average Bonchev–Trinajstić information content (AvgIpc) is 2.76. The van der Waals surface area contributed by atoms with E-state index in [2.05, 4.69) is 18.3 Å². The van der Waals surface area contributed by atoms with Crippen molar-refractivity contribution in [2.24, 2.45) is 5.92 Å². The van der Waals surface area contributed by atoms with Crippen molar-refractivity contribution in [1.82, 2.24) is 0 Å². The van der Waals surface area contributed by atoms with Crippen LogP contribution in [0.15, 0.2) is 11.8 Å². The van der Waals surface area contributed by atoms with Gasteiger partial charge in [0.1, 0.15) is 28.8 Å². The highest BCUT2D eigenvalue weighted by Crippen LogP contribution is 2.39. The average molecular weight is 268 g/mol. The SMILES string of the molecule is C[C@H]1CCc2c(sc(NC=C(C#N)C#N)c2C#N)C1. The van der Waals surface area contributed by atoms with Gasteiger partial charge in [0.2, 0.25) is 0 Å². The van der Waals surface area contributed by atoms with E-state index in [1.54, 1.807) is 23.5 Å². The number of thiophene rings is 1. The second-order valence-corrected chi connectivity index (χ2v) is 5.70. The van der Waals surface area contributed by atoms with Crippen molar-refractivity contribution in [3.8, 4) is 18.2 Å². The summed E-state index contributed by atoms with van der Waals surface area (Å²) in [6.45, 7) is 2.21. The Morgan fingerprint density at radius 1 is 1.37 bits per heavy atom. The molecule has 1 aromatic rings. The Balaban J connectivity index is 2.33. The third-order valence-electron chi connectivity index (χ3n) is 3.21. The van der Waals surface area contributed by atoms with Gasteiger partial charge in [0.15, 0.2) is 0 Å². The van der Waals surface area contributed by atoms with Crippen molar-refractivity contribution in [3.05, 3.63) is 27.8 Å². The summed E-state index contributed by atoms with van der Waals surface area (Å²) in [5.74, 6) is 0.648. The van der Waals surface area contributed by atoms with Crippen LogP contribution in [0, 0.1) is 39.9 Å². The molecule has 1 aromatic heterocycles. The van der Waals surface area contributed by atoms with Crippen LogP contribution in [0.1, 0.15) is 29.3 Å². The van der Waals surface area contributed by atoms with Crippen molar-refractivity contribution in [2.45, 2.75) is 26.2 Å². The molecule has 0 saturated carbocycles. The van der Waals surface area contributed by atoms with E-state index < -0.39 is 0 Å². The maximum atomic E-state index is 9.27. The van der Waals surface area contributed by atoms with Gasteiger partial charge in [-0.2, -0.15) is 15.8 Å². The molecular weight excluding hydrogens is 256 g/mol. The first-order valence-electron chi connectivity index (χ1n) is 6.01. The summed E-state index contributed by atoms with van der Waals surface area (Å²) in [7, 11) is 0. The van der Waals surface area contributed by atoms with Crippen molar-refractivity contribution in [3.63, 3.8) is 0 Å². The summed E-state index contributed by atoms with van der Waals surface area (Å²) in [5.41, 5.74) is 1.80. The molecular formula is C14H12N4S. The van der Waals surface area contributed by atoms with Crippen LogP contribution in [0.4, 0.5) is 5.00 Å². The number of nitrogens with one attached hydrogen (secondary N) is 1. The first kappa shape index (κ1) is 13.1. The van der Waals surface area contributed by atoms with E-state index in [-0.39, 0.29) is 5.57 Å². The van der Waals surface area contributed by atoms with Crippen molar-refractivity contribution in [2.75, 3.05) is 5.32 Å². The van der Waals surface area contributed by atoms with E-state index in [4.69, 9.17) is 10.5 Å². The van der Waals surface area contributed by atoms with Crippen LogP contribution in [-0.4, -0.2) is 0 Å². The standard InChI is InChI=1S/C14H12N4S/c1-9-2-3-11-12(7-17)14(19-13(11)4-9)18-8-10(5-15)6-16/h8-9,18H,2-4H2,1H3/t9-/m0/s1. The summed E-state index contributed by atoms with van der Waals surface area (Å²) in [6.07, 6.45) is 4.41. The minimum absolute atomic E-state index is 0.00336. The third kappa shape index (κ3) is 2.60. The zero-order chi connectivity index (χ0) is 13.8. The van der Waals surface area contributed by atoms with E-state index in [0.29, 0.717) is 11.5 Å². The summed E-state index contributed by atoms with van der Waals surface area (Å²) in [5, 5.41) is 30.3. The van der Waals surface area contributed by atoms with E-state index in [0.717, 1.165) is 29.8 Å². The highest BCUT2D eigenvalue weighted by atomic mass is 32.1. The van der Waals surface area contributed by atoms with E-state index in [1.165, 1.54) is 11.1 Å². The lowest BCUT2D eigenvalue weighted by Crippen LogP contribution is -2.09. The molecule has 0 saturated heterocycles. The first-order valence-corrected chi connectivity index (χ1v) is 6.82. The molecule has 0 bridgehead atoms. The molecule has 1 N–H and O–H groups in total. The number of fused-ring (bicyclic) bond motifs is 1. The van der Waals surface area contributed by atoms with Crippen LogP contribution in [-0.2, 0) is 12.8 Å². The van der Waals surface area contributed by atoms with Crippen LogP contribution in [0.5, 0.6) is 0 Å². The Labute approximate surface area is 116 Å². The fourth-order valence-corrected chi connectivity index (χ4v) is 3.53. The summed E-state index contributed by atoms with van der Waals surface area (Å²) < 4.78 is 0. The van der Waals surface area contributed by atoms with E-state index in [9.17, 15) is 5.26 Å². The van der Waals surface area contributed by atoms with Crippen molar-refractivity contribution in [1.29, 1.82) is 15.8 Å². The zero-order valence-corrected chi connectivity index (χ0v) is 11.3. The monoisotopic (exact) mass is 268 g/mol. The molecule has 0 aromatic carbocycles. The Hall–Kier alpha value is -2.29. The van der Waals surface area contributed by atoms with Crippen LogP contribution < -0.4 is 5.32 Å². The Bertz CT molecular complexity index is 633. The van der Waals surface area contributed by atoms with Gasteiger partial charge >= 0.3 is 0 Å². The Kier molecular flexibility index (Phi) is 3.85. The largest absolute Gasteiger partial charge is 0.350 e. The topological polar surface area (TPSA) is 83.4 Å². The highest BCUT2D eigenvalue weighted by Gasteiger charge is 2.23. The van der Waals surface area contributed by atoms with Crippen LogP contribution in [0.2, 0.25) is 0 Å². The second-order valence-electron chi connectivity index (χ2n) is 4.59. The number of allylic oxidation sites excluding steroid dienone is 1. The molecule has 0 amide bonds. The summed E-state index contributed by atoms with van der Waals surface area (Å²) in [4.78, 5) is 1.25. The molecule has 1 aliphatic carbocycles. The zero-order valence-electron chi connectivity index (χ0n) is 10.5. The number of rotatable bonds is 2.